The molecule has 1 aliphatic rings. The summed E-state index contributed by atoms with van der Waals surface area (Å²) in [6.45, 7) is 1.84. The molecule has 0 amide bonds. The van der Waals surface area contributed by atoms with Gasteiger partial charge in [-0.05, 0) is 45.1 Å². The lowest BCUT2D eigenvalue weighted by molar-refractivity contribution is -0.150. The number of carboxylic acid groups (broad SMARTS) is 1. The van der Waals surface area contributed by atoms with Crippen molar-refractivity contribution < 1.29 is 38.9 Å². The lowest BCUT2D eigenvalue weighted by Crippen LogP contribution is -2.16. The smallest absolute Gasteiger partial charge is 0.331 e. The van der Waals surface area contributed by atoms with E-state index in [4.69, 9.17) is 14.6 Å². The summed E-state index contributed by atoms with van der Waals surface area (Å²) < 4.78 is 10.7. The van der Waals surface area contributed by atoms with Gasteiger partial charge in [-0.3, -0.25) is 14.4 Å². The summed E-state index contributed by atoms with van der Waals surface area (Å²) in [6, 6.07) is 0. The zero-order valence-corrected chi connectivity index (χ0v) is 20.9. The van der Waals surface area contributed by atoms with E-state index in [0.717, 1.165) is 19.3 Å². The minimum Gasteiger partial charge on any atom is -0.481 e. The fraction of sp³-hybridized carbons (Fsp3) is 0.500. The molecule has 0 spiro atoms. The van der Waals surface area contributed by atoms with E-state index in [0.29, 0.717) is 25.7 Å². The van der Waals surface area contributed by atoms with Crippen LogP contribution in [0.25, 0.3) is 0 Å². The van der Waals surface area contributed by atoms with Crippen molar-refractivity contribution in [3.8, 4) is 0 Å². The number of rotatable bonds is 4. The molecule has 8 nitrogen and oxygen atoms in total. The summed E-state index contributed by atoms with van der Waals surface area (Å²) in [6.07, 6.45) is 18.9. The van der Waals surface area contributed by atoms with Crippen LogP contribution >= 0.6 is 0 Å². The van der Waals surface area contributed by atoms with Gasteiger partial charge < -0.3 is 19.7 Å². The van der Waals surface area contributed by atoms with Crippen molar-refractivity contribution in [3.63, 3.8) is 0 Å². The third kappa shape index (κ3) is 17.2. The number of aliphatic hydroxyl groups excluding tert-OH is 1. The lowest BCUT2D eigenvalue weighted by atomic mass is 10.1. The Morgan fingerprint density at radius 1 is 1.00 bits per heavy atom. The van der Waals surface area contributed by atoms with Gasteiger partial charge in [0.25, 0.3) is 0 Å². The van der Waals surface area contributed by atoms with E-state index in [1.807, 2.05) is 19.1 Å². The minimum absolute atomic E-state index is 0.000683. The number of hydrogen-bond donors (Lipinski definition) is 2. The van der Waals surface area contributed by atoms with Gasteiger partial charge in [0, 0.05) is 25.3 Å². The topological polar surface area (TPSA) is 127 Å². The number of carbonyl (C=O) groups excluding carboxylic acids is 3. The monoisotopic (exact) mass is 502 g/mol. The Morgan fingerprint density at radius 3 is 2.50 bits per heavy atom. The van der Waals surface area contributed by atoms with Gasteiger partial charge in [-0.25, -0.2) is 4.79 Å². The number of ketones is 1. The first-order chi connectivity index (χ1) is 17.3. The number of cyclic esters (lactones) is 1. The standard InChI is InChI=1S/C28H38O8/c1-22-13-7-3-2-4-8-14-23(29)21-24(30)15-9-5-10-16-25(36-28(34)20-19-26(31)32)17-11-6-12-18-27(33)35-22/h2,4-6,9-12,16,18,22,24-25,30H,3,7-8,13-15,17,19-21H2,1H3,(H,31,32)/b4-2+,9-5-,11-6+,16-10+,18-12+/t22-,24-,25+/m0/s1. The van der Waals surface area contributed by atoms with E-state index in [1.165, 1.54) is 6.08 Å². The Hall–Kier alpha value is -3.26. The Kier molecular flexibility index (Phi) is 16.2. The predicted octanol–water partition coefficient (Wildman–Crippen LogP) is 4.54. The van der Waals surface area contributed by atoms with Crippen molar-refractivity contribution in [2.24, 2.45) is 0 Å². The molecule has 0 aromatic carbocycles. The number of allylic oxidation sites excluding steroid dienone is 6. The molecule has 198 valence electrons. The molecule has 1 aliphatic heterocycles. The number of esters is 2. The largest absolute Gasteiger partial charge is 0.481 e. The van der Waals surface area contributed by atoms with Crippen molar-refractivity contribution in [2.75, 3.05) is 0 Å². The molecule has 0 saturated heterocycles. The molecular formula is C28H38O8. The molecule has 0 aliphatic carbocycles. The molecule has 3 atom stereocenters. The van der Waals surface area contributed by atoms with Crippen LogP contribution in [0.15, 0.2) is 60.8 Å². The highest BCUT2D eigenvalue weighted by atomic mass is 16.5. The summed E-state index contributed by atoms with van der Waals surface area (Å²) in [5, 5.41) is 18.8. The van der Waals surface area contributed by atoms with Crippen LogP contribution in [0.1, 0.15) is 71.1 Å². The molecular weight excluding hydrogens is 464 g/mol. The summed E-state index contributed by atoms with van der Waals surface area (Å²) in [5.41, 5.74) is 0. The molecule has 0 unspecified atom stereocenters. The maximum Gasteiger partial charge on any atom is 0.331 e. The van der Waals surface area contributed by atoms with Gasteiger partial charge in [-0.1, -0.05) is 48.6 Å². The van der Waals surface area contributed by atoms with Gasteiger partial charge in [0.05, 0.1) is 25.0 Å². The van der Waals surface area contributed by atoms with E-state index >= 15 is 0 Å². The molecule has 1 heterocycles. The molecule has 2 N–H and O–H groups in total. The van der Waals surface area contributed by atoms with Crippen LogP contribution in [0, 0.1) is 0 Å². The molecule has 0 aromatic heterocycles. The van der Waals surface area contributed by atoms with Gasteiger partial charge in [-0.15, -0.1) is 0 Å². The highest BCUT2D eigenvalue weighted by Crippen LogP contribution is 2.10. The second-order valence-electron chi connectivity index (χ2n) is 8.58. The SMILES string of the molecule is C[C@H]1CCC/C=C/CCC(=O)C[C@@H](O)C/C=C\C=C\[C@@H](OC(=O)CCC(=O)O)C/C=C/C=C/C(=O)O1. The zero-order valence-electron chi connectivity index (χ0n) is 20.9. The molecule has 0 bridgehead atoms. The first kappa shape index (κ1) is 30.8. The number of carboxylic acids is 1. The Bertz CT molecular complexity index is 850. The lowest BCUT2D eigenvalue weighted by Gasteiger charge is -2.12. The van der Waals surface area contributed by atoms with Gasteiger partial charge in [0.2, 0.25) is 0 Å². The summed E-state index contributed by atoms with van der Waals surface area (Å²) in [4.78, 5) is 46.6. The molecule has 36 heavy (non-hydrogen) atoms. The quantitative estimate of drug-likeness (QED) is 0.424. The van der Waals surface area contributed by atoms with Crippen LogP contribution in [0.2, 0.25) is 0 Å². The van der Waals surface area contributed by atoms with E-state index in [-0.39, 0.29) is 31.1 Å². The first-order valence-corrected chi connectivity index (χ1v) is 12.4. The molecule has 8 heteroatoms. The first-order valence-electron chi connectivity index (χ1n) is 12.4. The van der Waals surface area contributed by atoms with E-state index in [2.05, 4.69) is 0 Å². The zero-order chi connectivity index (χ0) is 26.6. The molecule has 0 saturated carbocycles. The van der Waals surface area contributed by atoms with Crippen LogP contribution in [0.4, 0.5) is 0 Å². The fourth-order valence-electron chi connectivity index (χ4n) is 3.28. The van der Waals surface area contributed by atoms with Crippen LogP contribution < -0.4 is 0 Å². The number of aliphatic carboxylic acids is 1. The molecule has 0 radical (unpaired) electrons. The molecule has 0 aromatic rings. The highest BCUT2D eigenvalue weighted by molar-refractivity contribution is 5.82. The molecule has 1 rings (SSSR count). The number of Topliss-reactive ketones (excluding diaryl/α,β-unsaturated/α-hetero) is 1. The Balaban J connectivity index is 2.83. The highest BCUT2D eigenvalue weighted by Gasteiger charge is 2.12. The van der Waals surface area contributed by atoms with Crippen molar-refractivity contribution in [1.29, 1.82) is 0 Å². The number of hydrogen-bond acceptors (Lipinski definition) is 7. The number of ether oxygens (including phenoxy) is 2. The van der Waals surface area contributed by atoms with Crippen molar-refractivity contribution in [2.45, 2.75) is 89.4 Å². The number of aliphatic hydroxyl groups is 1. The third-order valence-corrected chi connectivity index (χ3v) is 5.17. The van der Waals surface area contributed by atoms with Crippen molar-refractivity contribution in [3.05, 3.63) is 60.8 Å². The molecule has 0 fully saturated rings. The van der Waals surface area contributed by atoms with Crippen LogP contribution in [-0.4, -0.2) is 52.2 Å². The van der Waals surface area contributed by atoms with Crippen LogP contribution in [-0.2, 0) is 28.7 Å². The Morgan fingerprint density at radius 2 is 1.72 bits per heavy atom. The second kappa shape index (κ2) is 19.0. The average Bonchev–Trinajstić information content (AvgIpc) is 2.80. The van der Waals surface area contributed by atoms with Crippen molar-refractivity contribution in [1.82, 2.24) is 0 Å². The van der Waals surface area contributed by atoms with Gasteiger partial charge in [0.15, 0.2) is 0 Å². The van der Waals surface area contributed by atoms with Gasteiger partial charge in [0.1, 0.15) is 11.9 Å². The summed E-state index contributed by atoms with van der Waals surface area (Å²) in [7, 11) is 0. The summed E-state index contributed by atoms with van der Waals surface area (Å²) in [5.74, 6) is -2.16. The van der Waals surface area contributed by atoms with E-state index in [1.54, 1.807) is 42.5 Å². The number of carbonyl (C=O) groups is 4. The predicted molar refractivity (Wildman–Crippen MR) is 136 cm³/mol. The maximum atomic E-state index is 12.0. The van der Waals surface area contributed by atoms with Gasteiger partial charge in [-0.2, -0.15) is 0 Å². The van der Waals surface area contributed by atoms with Crippen LogP contribution in [0.5, 0.6) is 0 Å². The van der Waals surface area contributed by atoms with E-state index < -0.39 is 30.1 Å². The van der Waals surface area contributed by atoms with Crippen LogP contribution in [0.3, 0.4) is 0 Å². The van der Waals surface area contributed by atoms with Crippen molar-refractivity contribution >= 4 is 23.7 Å². The Labute approximate surface area is 213 Å². The summed E-state index contributed by atoms with van der Waals surface area (Å²) >= 11 is 0. The average molecular weight is 503 g/mol. The fourth-order valence-corrected chi connectivity index (χ4v) is 3.28. The minimum atomic E-state index is -1.08. The second-order valence-corrected chi connectivity index (χ2v) is 8.58. The maximum absolute atomic E-state index is 12.0. The van der Waals surface area contributed by atoms with Gasteiger partial charge >= 0.3 is 17.9 Å². The third-order valence-electron chi connectivity index (χ3n) is 5.17. The normalized spacial score (nSPS) is 28.0. The van der Waals surface area contributed by atoms with E-state index in [9.17, 15) is 24.3 Å².